The first-order valence-corrected chi connectivity index (χ1v) is 7.03. The van der Waals surface area contributed by atoms with Crippen LogP contribution in [0.2, 0.25) is 0 Å². The Balaban J connectivity index is 1.79. The Kier molecular flexibility index (Phi) is 4.17. The van der Waals surface area contributed by atoms with E-state index in [1.807, 2.05) is 0 Å². The van der Waals surface area contributed by atoms with Crippen LogP contribution >= 0.6 is 0 Å². The minimum atomic E-state index is -4.66. The average Bonchev–Trinajstić information content (AvgIpc) is 2.83. The maximum absolute atomic E-state index is 13.0. The van der Waals surface area contributed by atoms with Gasteiger partial charge in [0.15, 0.2) is 0 Å². The van der Waals surface area contributed by atoms with Crippen LogP contribution in [0.3, 0.4) is 0 Å². The molecule has 0 atom stereocenters. The molecule has 2 aromatic rings. The number of hydroxylamine groups is 2. The molecule has 3 rings (SSSR count). The quantitative estimate of drug-likeness (QED) is 0.792. The van der Waals surface area contributed by atoms with Crippen molar-refractivity contribution < 1.29 is 32.3 Å². The van der Waals surface area contributed by atoms with E-state index < -0.39 is 36.0 Å². The lowest BCUT2D eigenvalue weighted by Crippen LogP contribution is -2.29. The van der Waals surface area contributed by atoms with E-state index in [0.717, 1.165) is 19.4 Å². The number of imide groups is 1. The van der Waals surface area contributed by atoms with Crippen LogP contribution in [-0.4, -0.2) is 29.0 Å². The van der Waals surface area contributed by atoms with Crippen LogP contribution in [0.15, 0.2) is 36.5 Å². The van der Waals surface area contributed by atoms with E-state index in [2.05, 4.69) is 9.72 Å². The van der Waals surface area contributed by atoms with Crippen LogP contribution in [0.5, 0.6) is 5.88 Å². The third-order valence-electron chi connectivity index (χ3n) is 3.52. The first-order valence-electron chi connectivity index (χ1n) is 7.03. The summed E-state index contributed by atoms with van der Waals surface area (Å²) in [4.78, 5) is 32.9. The number of fused-ring (bicyclic) bond motifs is 1. The molecular weight excluding hydrogens is 341 g/mol. The molecule has 1 aliphatic heterocycles. The number of alkyl halides is 3. The number of nitrogens with zero attached hydrogens (tertiary/aromatic N) is 2. The molecule has 0 N–H and O–H groups in total. The highest BCUT2D eigenvalue weighted by Crippen LogP contribution is 2.35. The van der Waals surface area contributed by atoms with Crippen molar-refractivity contribution in [1.82, 2.24) is 10.0 Å². The molecule has 0 saturated carbocycles. The van der Waals surface area contributed by atoms with Crippen LogP contribution < -0.4 is 4.74 Å². The molecule has 2 amide bonds. The predicted octanol–water partition coefficient (Wildman–Crippen LogP) is 2.84. The molecule has 1 aliphatic rings. The minimum absolute atomic E-state index is 0.0321. The summed E-state index contributed by atoms with van der Waals surface area (Å²) in [5.74, 6) is -1.91. The number of carbonyl (C=O) groups is 2. The van der Waals surface area contributed by atoms with Gasteiger partial charge in [0.1, 0.15) is 12.2 Å². The molecule has 9 heteroatoms. The van der Waals surface area contributed by atoms with Crippen LogP contribution in [0, 0.1) is 0 Å². The topological polar surface area (TPSA) is 68.7 Å². The lowest BCUT2D eigenvalue weighted by molar-refractivity contribution is -0.139. The Morgan fingerprint density at radius 1 is 1.12 bits per heavy atom. The summed E-state index contributed by atoms with van der Waals surface area (Å²) in [5.41, 5.74) is -0.684. The van der Waals surface area contributed by atoms with Crippen molar-refractivity contribution in [2.45, 2.75) is 12.8 Å². The normalized spacial score (nSPS) is 14.0. The largest absolute Gasteiger partial charge is 0.481 e. The molecule has 0 fully saturated rings. The van der Waals surface area contributed by atoms with Gasteiger partial charge in [0.05, 0.1) is 18.2 Å². The van der Waals surface area contributed by atoms with E-state index in [-0.39, 0.29) is 16.7 Å². The molecule has 130 valence electrons. The van der Waals surface area contributed by atoms with Gasteiger partial charge in [-0.15, -0.1) is 5.06 Å². The molecule has 0 radical (unpaired) electrons. The number of hydrogen-bond acceptors (Lipinski definition) is 5. The number of hydrogen-bond donors (Lipinski definition) is 0. The molecule has 1 aromatic carbocycles. The second-order valence-corrected chi connectivity index (χ2v) is 5.12. The van der Waals surface area contributed by atoms with Gasteiger partial charge >= 0.3 is 6.18 Å². The highest BCUT2D eigenvalue weighted by molar-refractivity contribution is 6.20. The zero-order chi connectivity index (χ0) is 18.2. The number of pyridine rings is 1. The fourth-order valence-electron chi connectivity index (χ4n) is 2.36. The van der Waals surface area contributed by atoms with E-state index in [0.29, 0.717) is 5.06 Å². The van der Waals surface area contributed by atoms with Gasteiger partial charge in [-0.25, -0.2) is 4.98 Å². The Bertz CT molecular complexity index is 817. The first kappa shape index (κ1) is 16.9. The third kappa shape index (κ3) is 3.05. The van der Waals surface area contributed by atoms with Gasteiger partial charge in [-0.2, -0.15) is 13.2 Å². The average molecular weight is 352 g/mol. The van der Waals surface area contributed by atoms with Crippen LogP contribution in [0.4, 0.5) is 13.2 Å². The van der Waals surface area contributed by atoms with Gasteiger partial charge in [0, 0.05) is 6.20 Å². The fourth-order valence-corrected chi connectivity index (χ4v) is 2.36. The fraction of sp³-hybridized carbons (Fsp3) is 0.188. The molecule has 0 spiro atoms. The summed E-state index contributed by atoms with van der Waals surface area (Å²) in [7, 11) is 1.08. The van der Waals surface area contributed by atoms with Gasteiger partial charge in [0.25, 0.3) is 11.8 Å². The van der Waals surface area contributed by atoms with Crippen LogP contribution in [-0.2, 0) is 17.6 Å². The summed E-state index contributed by atoms with van der Waals surface area (Å²) >= 11 is 0. The molecule has 0 saturated heterocycles. The Morgan fingerprint density at radius 2 is 1.72 bits per heavy atom. The highest BCUT2D eigenvalue weighted by atomic mass is 19.4. The van der Waals surface area contributed by atoms with Crippen molar-refractivity contribution in [2.75, 3.05) is 7.11 Å². The number of aromatic nitrogens is 1. The van der Waals surface area contributed by atoms with Crippen molar-refractivity contribution in [3.63, 3.8) is 0 Å². The molecule has 0 unspecified atom stereocenters. The third-order valence-corrected chi connectivity index (χ3v) is 3.52. The lowest BCUT2D eigenvalue weighted by Gasteiger charge is -2.15. The number of carbonyl (C=O) groups excluding carboxylic acids is 2. The first-order chi connectivity index (χ1) is 11.8. The SMILES string of the molecule is COc1ncc(CON2C(=O)c3ccccc3C2=O)cc1C(F)(F)F. The monoisotopic (exact) mass is 352 g/mol. The molecule has 2 heterocycles. The molecule has 0 aliphatic carbocycles. The summed E-state index contributed by atoms with van der Waals surface area (Å²) in [6.07, 6.45) is -3.55. The van der Waals surface area contributed by atoms with Crippen molar-refractivity contribution in [3.8, 4) is 5.88 Å². The number of rotatable bonds is 4. The summed E-state index contributed by atoms with van der Waals surface area (Å²) in [5, 5.41) is 0.530. The zero-order valence-electron chi connectivity index (χ0n) is 12.8. The number of methoxy groups -OCH3 is 1. The number of ether oxygens (including phenoxy) is 1. The maximum atomic E-state index is 13.0. The van der Waals surface area contributed by atoms with E-state index in [4.69, 9.17) is 4.84 Å². The zero-order valence-corrected chi connectivity index (χ0v) is 12.8. The summed E-state index contributed by atoms with van der Waals surface area (Å²) in [6, 6.07) is 6.92. The smallest absolute Gasteiger partial charge is 0.421 e. The molecule has 1 aromatic heterocycles. The number of benzene rings is 1. The lowest BCUT2D eigenvalue weighted by atomic mass is 10.1. The van der Waals surface area contributed by atoms with Crippen molar-refractivity contribution in [2.24, 2.45) is 0 Å². The van der Waals surface area contributed by atoms with Gasteiger partial charge in [0.2, 0.25) is 5.88 Å². The van der Waals surface area contributed by atoms with E-state index in [9.17, 15) is 22.8 Å². The summed E-state index contributed by atoms with van der Waals surface area (Å²) in [6.45, 7) is -0.439. The van der Waals surface area contributed by atoms with E-state index >= 15 is 0 Å². The number of halogens is 3. The summed E-state index contributed by atoms with van der Waals surface area (Å²) < 4.78 is 43.5. The highest BCUT2D eigenvalue weighted by Gasteiger charge is 2.37. The predicted molar refractivity (Wildman–Crippen MR) is 77.5 cm³/mol. The van der Waals surface area contributed by atoms with Gasteiger partial charge in [-0.1, -0.05) is 12.1 Å². The Hall–Kier alpha value is -2.94. The molecule has 25 heavy (non-hydrogen) atoms. The standard InChI is InChI=1S/C16H11F3N2O4/c1-24-13-12(16(17,18)19)6-9(7-20-13)8-25-21-14(22)10-4-2-3-5-11(10)15(21)23/h2-7H,8H2,1H3. The van der Waals surface area contributed by atoms with Gasteiger partial charge in [-0.05, 0) is 23.8 Å². The van der Waals surface area contributed by atoms with Crippen LogP contribution in [0.1, 0.15) is 31.8 Å². The molecule has 0 bridgehead atoms. The Morgan fingerprint density at radius 3 is 2.24 bits per heavy atom. The second-order valence-electron chi connectivity index (χ2n) is 5.12. The molecular formula is C16H11F3N2O4. The van der Waals surface area contributed by atoms with Gasteiger partial charge in [-0.3, -0.25) is 14.4 Å². The van der Waals surface area contributed by atoms with E-state index in [1.165, 1.54) is 12.1 Å². The van der Waals surface area contributed by atoms with E-state index in [1.54, 1.807) is 12.1 Å². The van der Waals surface area contributed by atoms with Crippen molar-refractivity contribution in [3.05, 3.63) is 58.8 Å². The van der Waals surface area contributed by atoms with Gasteiger partial charge < -0.3 is 4.74 Å². The molecule has 6 nitrogen and oxygen atoms in total. The Labute approximate surface area is 139 Å². The number of amides is 2. The second kappa shape index (κ2) is 6.17. The maximum Gasteiger partial charge on any atom is 0.421 e. The van der Waals surface area contributed by atoms with Crippen molar-refractivity contribution >= 4 is 11.8 Å². The minimum Gasteiger partial charge on any atom is -0.481 e. The van der Waals surface area contributed by atoms with Crippen LogP contribution in [0.25, 0.3) is 0 Å². The van der Waals surface area contributed by atoms with Crippen molar-refractivity contribution in [1.29, 1.82) is 0 Å².